The Labute approximate surface area is 109 Å². The van der Waals surface area contributed by atoms with E-state index in [-0.39, 0.29) is 10.9 Å². The molecule has 0 radical (unpaired) electrons. The van der Waals surface area contributed by atoms with Crippen molar-refractivity contribution in [3.05, 3.63) is 23.8 Å². The lowest BCUT2D eigenvalue weighted by Crippen LogP contribution is -2.32. The van der Waals surface area contributed by atoms with Gasteiger partial charge in [0.1, 0.15) is 5.75 Å². The zero-order valence-electron chi connectivity index (χ0n) is 11.4. The third-order valence-electron chi connectivity index (χ3n) is 2.73. The Hall–Kier alpha value is -1.07. The van der Waals surface area contributed by atoms with Gasteiger partial charge in [0.2, 0.25) is 10.0 Å². The second-order valence-corrected chi connectivity index (χ2v) is 6.00. The molecule has 0 aliphatic carbocycles. The van der Waals surface area contributed by atoms with Crippen LogP contribution in [0.15, 0.2) is 23.1 Å². The van der Waals surface area contributed by atoms with Crippen molar-refractivity contribution in [2.24, 2.45) is 0 Å². The molecule has 0 aromatic heterocycles. The monoisotopic (exact) mass is 271 g/mol. The quantitative estimate of drug-likeness (QED) is 0.864. The van der Waals surface area contributed by atoms with E-state index in [1.165, 1.54) is 0 Å². The van der Waals surface area contributed by atoms with E-state index in [2.05, 4.69) is 4.72 Å². The molecule has 0 bridgehead atoms. The highest BCUT2D eigenvalue weighted by molar-refractivity contribution is 7.89. The van der Waals surface area contributed by atoms with Crippen LogP contribution in [0, 0.1) is 6.92 Å². The van der Waals surface area contributed by atoms with Gasteiger partial charge in [0.05, 0.1) is 11.5 Å². The van der Waals surface area contributed by atoms with Crippen LogP contribution in [0.5, 0.6) is 5.75 Å². The van der Waals surface area contributed by atoms with Gasteiger partial charge in [-0.1, -0.05) is 6.92 Å². The minimum atomic E-state index is -3.43. The van der Waals surface area contributed by atoms with Gasteiger partial charge in [-0.3, -0.25) is 0 Å². The first-order valence-corrected chi connectivity index (χ1v) is 7.64. The maximum atomic E-state index is 12.1. The van der Waals surface area contributed by atoms with E-state index < -0.39 is 10.0 Å². The fraction of sp³-hybridized carbons (Fsp3) is 0.538. The normalized spacial score (nSPS) is 13.3. The van der Waals surface area contributed by atoms with Crippen molar-refractivity contribution >= 4 is 10.0 Å². The number of rotatable bonds is 6. The van der Waals surface area contributed by atoms with E-state index in [1.54, 1.807) is 18.2 Å². The topological polar surface area (TPSA) is 55.4 Å². The average molecular weight is 271 g/mol. The Morgan fingerprint density at radius 2 is 2.00 bits per heavy atom. The van der Waals surface area contributed by atoms with Crippen molar-refractivity contribution in [3.63, 3.8) is 0 Å². The van der Waals surface area contributed by atoms with E-state index in [0.717, 1.165) is 17.7 Å². The van der Waals surface area contributed by atoms with Crippen LogP contribution in [-0.4, -0.2) is 21.1 Å². The van der Waals surface area contributed by atoms with Gasteiger partial charge in [0.25, 0.3) is 0 Å². The molecular weight excluding hydrogens is 250 g/mol. The number of hydrogen-bond acceptors (Lipinski definition) is 3. The zero-order chi connectivity index (χ0) is 13.8. The smallest absolute Gasteiger partial charge is 0.240 e. The number of aryl methyl sites for hydroxylation is 1. The van der Waals surface area contributed by atoms with Crippen LogP contribution in [0.2, 0.25) is 0 Å². The highest BCUT2D eigenvalue weighted by Crippen LogP contribution is 2.21. The first-order chi connectivity index (χ1) is 8.40. The molecule has 1 rings (SSSR count). The van der Waals surface area contributed by atoms with E-state index in [0.29, 0.717) is 6.61 Å². The van der Waals surface area contributed by atoms with Gasteiger partial charge in [-0.15, -0.1) is 0 Å². The van der Waals surface area contributed by atoms with E-state index in [4.69, 9.17) is 4.74 Å². The van der Waals surface area contributed by atoms with Gasteiger partial charge in [-0.05, 0) is 51.0 Å². The maximum absolute atomic E-state index is 12.1. The Balaban J connectivity index is 3.00. The summed E-state index contributed by atoms with van der Waals surface area (Å²) in [4.78, 5) is 0.281. The molecule has 1 aromatic rings. The first kappa shape index (κ1) is 15.0. The molecule has 18 heavy (non-hydrogen) atoms. The van der Waals surface area contributed by atoms with Crippen LogP contribution >= 0.6 is 0 Å². The summed E-state index contributed by atoms with van der Waals surface area (Å²) in [6.07, 6.45) is 0.759. The highest BCUT2D eigenvalue weighted by atomic mass is 32.2. The summed E-state index contributed by atoms with van der Waals surface area (Å²) in [5.74, 6) is 0.722. The van der Waals surface area contributed by atoms with Crippen molar-refractivity contribution in [2.75, 3.05) is 6.61 Å². The molecule has 1 N–H and O–H groups in total. The Morgan fingerprint density at radius 3 is 2.50 bits per heavy atom. The van der Waals surface area contributed by atoms with Gasteiger partial charge < -0.3 is 4.74 Å². The molecule has 0 saturated heterocycles. The third-order valence-corrected chi connectivity index (χ3v) is 4.31. The first-order valence-electron chi connectivity index (χ1n) is 6.16. The predicted octanol–water partition coefficient (Wildman–Crippen LogP) is 2.47. The molecule has 0 amide bonds. The molecule has 5 heteroatoms. The minimum absolute atomic E-state index is 0.0677. The molecule has 0 heterocycles. The summed E-state index contributed by atoms with van der Waals surface area (Å²) >= 11 is 0. The zero-order valence-corrected chi connectivity index (χ0v) is 12.2. The van der Waals surface area contributed by atoms with Crippen molar-refractivity contribution < 1.29 is 13.2 Å². The van der Waals surface area contributed by atoms with Crippen molar-refractivity contribution in [1.82, 2.24) is 4.72 Å². The number of nitrogens with one attached hydrogen (secondary N) is 1. The second kappa shape index (κ2) is 6.20. The van der Waals surface area contributed by atoms with Gasteiger partial charge in [0, 0.05) is 6.04 Å². The van der Waals surface area contributed by atoms with Crippen LogP contribution in [0.4, 0.5) is 0 Å². The molecular formula is C13H21NO3S. The Kier molecular flexibility index (Phi) is 5.16. The summed E-state index contributed by atoms with van der Waals surface area (Å²) in [6, 6.07) is 4.84. The molecule has 0 aliphatic rings. The van der Waals surface area contributed by atoms with E-state index in [1.807, 2.05) is 27.7 Å². The Bertz CT molecular complexity index is 497. The van der Waals surface area contributed by atoms with Gasteiger partial charge in [-0.25, -0.2) is 13.1 Å². The minimum Gasteiger partial charge on any atom is -0.494 e. The molecule has 0 aliphatic heterocycles. The standard InChI is InChI=1S/C13H21NO3S/c1-5-11(4)14-18(15,16)12-7-8-13(17-6-2)10(3)9-12/h7-9,11,14H,5-6H2,1-4H3/t11-/m1/s1. The molecule has 1 atom stereocenters. The van der Waals surface area contributed by atoms with E-state index >= 15 is 0 Å². The molecule has 0 fully saturated rings. The lowest BCUT2D eigenvalue weighted by molar-refractivity contribution is 0.337. The number of benzene rings is 1. The van der Waals surface area contributed by atoms with Crippen molar-refractivity contribution in [3.8, 4) is 5.75 Å². The SMILES string of the molecule is CCOc1ccc(S(=O)(=O)N[C@H](C)CC)cc1C. The number of sulfonamides is 1. The van der Waals surface area contributed by atoms with Crippen LogP contribution in [0.25, 0.3) is 0 Å². The van der Waals surface area contributed by atoms with Crippen molar-refractivity contribution in [2.45, 2.75) is 45.1 Å². The average Bonchev–Trinajstić information content (AvgIpc) is 2.31. The molecule has 0 spiro atoms. The lowest BCUT2D eigenvalue weighted by Gasteiger charge is -2.13. The molecule has 0 saturated carbocycles. The number of ether oxygens (including phenoxy) is 1. The van der Waals surface area contributed by atoms with Crippen molar-refractivity contribution in [1.29, 1.82) is 0 Å². The lowest BCUT2D eigenvalue weighted by atomic mass is 10.2. The molecule has 4 nitrogen and oxygen atoms in total. The molecule has 102 valence electrons. The summed E-state index contributed by atoms with van der Waals surface area (Å²) < 4.78 is 32.2. The molecule has 0 unspecified atom stereocenters. The second-order valence-electron chi connectivity index (χ2n) is 4.29. The fourth-order valence-corrected chi connectivity index (χ4v) is 2.93. The maximum Gasteiger partial charge on any atom is 0.240 e. The highest BCUT2D eigenvalue weighted by Gasteiger charge is 2.17. The summed E-state index contributed by atoms with van der Waals surface area (Å²) in [6.45, 7) is 8.09. The van der Waals surface area contributed by atoms with Crippen LogP contribution in [0.3, 0.4) is 0 Å². The van der Waals surface area contributed by atoms with Gasteiger partial charge in [0.15, 0.2) is 0 Å². The van der Waals surface area contributed by atoms with Crippen LogP contribution < -0.4 is 9.46 Å². The van der Waals surface area contributed by atoms with E-state index in [9.17, 15) is 8.42 Å². The van der Waals surface area contributed by atoms with Gasteiger partial charge in [-0.2, -0.15) is 0 Å². The summed E-state index contributed by atoms with van der Waals surface area (Å²) in [7, 11) is -3.43. The predicted molar refractivity (Wildman–Crippen MR) is 72.4 cm³/mol. The number of hydrogen-bond donors (Lipinski definition) is 1. The summed E-state index contributed by atoms with van der Waals surface area (Å²) in [5.41, 5.74) is 0.823. The largest absolute Gasteiger partial charge is 0.494 e. The fourth-order valence-electron chi connectivity index (χ4n) is 1.52. The third kappa shape index (κ3) is 3.71. The van der Waals surface area contributed by atoms with Crippen LogP contribution in [0.1, 0.15) is 32.8 Å². The van der Waals surface area contributed by atoms with Crippen LogP contribution in [-0.2, 0) is 10.0 Å². The molecule has 1 aromatic carbocycles. The summed E-state index contributed by atoms with van der Waals surface area (Å²) in [5, 5.41) is 0. The Morgan fingerprint density at radius 1 is 1.33 bits per heavy atom. The van der Waals surface area contributed by atoms with Gasteiger partial charge >= 0.3 is 0 Å².